The molecule has 4 nitrogen and oxygen atoms in total. The maximum absolute atomic E-state index is 5.18. The van der Waals surface area contributed by atoms with Crippen LogP contribution in [0.25, 0.3) is 33.6 Å². The number of hydrogen-bond acceptors (Lipinski definition) is 4. The molecule has 6 heterocycles. The van der Waals surface area contributed by atoms with Gasteiger partial charge in [-0.3, -0.25) is 19.9 Å². The van der Waals surface area contributed by atoms with Gasteiger partial charge >= 0.3 is 0 Å². The molecule has 0 radical (unpaired) electrons. The lowest BCUT2D eigenvalue weighted by molar-refractivity contribution is 1.27. The third-order valence-electron chi connectivity index (χ3n) is 11.4. The van der Waals surface area contributed by atoms with Gasteiger partial charge in [0.05, 0.1) is 11.4 Å². The number of aromatic nitrogens is 4. The van der Waals surface area contributed by atoms with Gasteiger partial charge in [-0.15, -0.1) is 0 Å². The molecule has 0 N–H and O–H groups in total. The SMILES string of the molecule is c1ccc([Si]2(c3ccc4c(c3)-c3cc([Si]5(c6ccccc6)c6cccnc6-c6cccnc65)ccc3C4)c3cccnc3-c3cccnc32)cc1. The topological polar surface area (TPSA) is 51.6 Å². The number of benzene rings is 4. The minimum Gasteiger partial charge on any atom is -0.264 e. The third kappa shape index (κ3) is 3.72. The van der Waals surface area contributed by atoms with Gasteiger partial charge in [0.15, 0.2) is 0 Å². The molecule has 0 bridgehead atoms. The Morgan fingerprint density at radius 3 is 1.25 bits per heavy atom. The predicted octanol–water partition coefficient (Wildman–Crippen LogP) is 3.55. The van der Waals surface area contributed by atoms with Crippen molar-refractivity contribution in [3.63, 3.8) is 0 Å². The van der Waals surface area contributed by atoms with E-state index in [9.17, 15) is 0 Å². The number of nitrogens with zero attached hydrogens (tertiary/aromatic N) is 4. The number of fused-ring (bicyclic) bond motifs is 9. The van der Waals surface area contributed by atoms with Crippen LogP contribution in [0.4, 0.5) is 0 Å². The van der Waals surface area contributed by atoms with Crippen LogP contribution in [0.15, 0.2) is 170 Å². The second-order valence-electron chi connectivity index (χ2n) is 13.8. The summed E-state index contributed by atoms with van der Waals surface area (Å²) >= 11 is 0. The highest BCUT2D eigenvalue weighted by Crippen LogP contribution is 2.37. The highest BCUT2D eigenvalue weighted by molar-refractivity contribution is 7.22. The van der Waals surface area contributed by atoms with E-state index >= 15 is 0 Å². The van der Waals surface area contributed by atoms with Crippen molar-refractivity contribution in [2.45, 2.75) is 6.42 Å². The largest absolute Gasteiger partial charge is 0.264 e. The first-order valence-electron chi connectivity index (χ1n) is 17.5. The molecule has 0 saturated heterocycles. The molecule has 0 amide bonds. The molecule has 3 aliphatic rings. The Morgan fingerprint density at radius 1 is 0.353 bits per heavy atom. The van der Waals surface area contributed by atoms with Gasteiger partial charge in [0.2, 0.25) is 16.1 Å². The van der Waals surface area contributed by atoms with E-state index < -0.39 is 16.1 Å². The molecule has 11 rings (SSSR count). The summed E-state index contributed by atoms with van der Waals surface area (Å²) in [4.78, 5) is 20.3. The quantitative estimate of drug-likeness (QED) is 0.267. The second-order valence-corrected chi connectivity index (χ2v) is 21.1. The van der Waals surface area contributed by atoms with Crippen LogP contribution in [-0.4, -0.2) is 36.1 Å². The minimum absolute atomic E-state index is 0.922. The molecule has 238 valence electrons. The van der Waals surface area contributed by atoms with Crippen LogP contribution in [0.2, 0.25) is 0 Å². The van der Waals surface area contributed by atoms with Crippen LogP contribution >= 0.6 is 0 Å². The maximum atomic E-state index is 5.18. The summed E-state index contributed by atoms with van der Waals surface area (Å²) in [6, 6.07) is 54.0. The number of hydrogen-bond donors (Lipinski definition) is 0. The van der Waals surface area contributed by atoms with E-state index in [1.807, 2.05) is 36.9 Å². The van der Waals surface area contributed by atoms with Crippen molar-refractivity contribution in [2.24, 2.45) is 0 Å². The normalized spacial score (nSPS) is 18.7. The van der Waals surface area contributed by atoms with E-state index in [2.05, 4.69) is 133 Å². The van der Waals surface area contributed by atoms with Gasteiger partial charge in [0.25, 0.3) is 0 Å². The summed E-state index contributed by atoms with van der Waals surface area (Å²) in [7, 11) is -5.55. The van der Waals surface area contributed by atoms with Crippen LogP contribution in [0.1, 0.15) is 11.1 Å². The highest BCUT2D eigenvalue weighted by atomic mass is 28.3. The summed E-state index contributed by atoms with van der Waals surface area (Å²) in [6.07, 6.45) is 8.67. The Bertz CT molecular complexity index is 2420. The standard InChI is InChI=1S/C45H30N4Si2/c1-3-11-32(12-4-1)50(40-17-9-23-46-42(40)36-15-7-25-48-44(36)50)34-21-19-30-27-31-20-22-35(29-39(31)38(30)28-34)51(33-13-5-2-6-14-33)41-18-10-24-47-43(41)37-16-8-26-49-45(37)51/h1-26,28-29H,27H2. The van der Waals surface area contributed by atoms with Gasteiger partial charge in [-0.1, -0.05) is 109 Å². The van der Waals surface area contributed by atoms with Crippen LogP contribution in [0.5, 0.6) is 0 Å². The van der Waals surface area contributed by atoms with Crippen molar-refractivity contribution >= 4 is 57.9 Å². The molecule has 1 aliphatic carbocycles. The molecule has 4 aromatic heterocycles. The zero-order chi connectivity index (χ0) is 33.6. The Morgan fingerprint density at radius 2 is 0.784 bits per heavy atom. The molecule has 0 saturated carbocycles. The summed E-state index contributed by atoms with van der Waals surface area (Å²) in [5, 5.41) is 10.3. The second kappa shape index (κ2) is 10.7. The molecule has 4 aromatic carbocycles. The fraction of sp³-hybridized carbons (Fsp3) is 0.0222. The van der Waals surface area contributed by atoms with Crippen LogP contribution in [0.3, 0.4) is 0 Å². The highest BCUT2D eigenvalue weighted by Gasteiger charge is 2.52. The van der Waals surface area contributed by atoms with E-state index in [4.69, 9.17) is 19.9 Å². The Hall–Kier alpha value is -6.09. The number of rotatable bonds is 4. The summed E-state index contributed by atoms with van der Waals surface area (Å²) in [5.74, 6) is 0. The zero-order valence-electron chi connectivity index (χ0n) is 27.7. The van der Waals surface area contributed by atoms with Crippen molar-refractivity contribution in [1.29, 1.82) is 0 Å². The average Bonchev–Trinajstić information content (AvgIpc) is 3.83. The van der Waals surface area contributed by atoms with E-state index in [1.54, 1.807) is 0 Å². The van der Waals surface area contributed by atoms with Crippen LogP contribution in [0, 0.1) is 0 Å². The van der Waals surface area contributed by atoms with Gasteiger partial charge in [0.1, 0.15) is 0 Å². The zero-order valence-corrected chi connectivity index (χ0v) is 29.7. The first-order chi connectivity index (χ1) is 25.3. The van der Waals surface area contributed by atoms with Crippen LogP contribution in [-0.2, 0) is 6.42 Å². The minimum atomic E-state index is -2.77. The average molecular weight is 683 g/mol. The van der Waals surface area contributed by atoms with E-state index in [0.29, 0.717) is 0 Å². The van der Waals surface area contributed by atoms with Gasteiger partial charge < -0.3 is 0 Å². The molecule has 0 spiro atoms. The predicted molar refractivity (Wildman–Crippen MR) is 211 cm³/mol. The van der Waals surface area contributed by atoms with E-state index in [1.165, 1.54) is 64.0 Å². The van der Waals surface area contributed by atoms with Gasteiger partial charge in [-0.05, 0) is 96.2 Å². The van der Waals surface area contributed by atoms with Crippen LogP contribution < -0.4 is 41.8 Å². The lowest BCUT2D eigenvalue weighted by Gasteiger charge is -2.31. The molecule has 2 atom stereocenters. The molecule has 2 aliphatic heterocycles. The lowest BCUT2D eigenvalue weighted by atomic mass is 10.1. The van der Waals surface area contributed by atoms with E-state index in [0.717, 1.165) is 28.9 Å². The Kier molecular flexibility index (Phi) is 6.03. The molecule has 6 heteroatoms. The molecule has 8 aromatic rings. The molecule has 2 unspecified atom stereocenters. The first-order valence-corrected chi connectivity index (χ1v) is 21.5. The monoisotopic (exact) mass is 682 g/mol. The van der Waals surface area contributed by atoms with Crippen molar-refractivity contribution in [1.82, 2.24) is 19.9 Å². The van der Waals surface area contributed by atoms with Gasteiger partial charge in [-0.2, -0.15) is 0 Å². The maximum Gasteiger partial charge on any atom is 0.204 e. The van der Waals surface area contributed by atoms with Crippen molar-refractivity contribution in [3.05, 3.63) is 182 Å². The lowest BCUT2D eigenvalue weighted by Crippen LogP contribution is -2.73. The Labute approximate surface area is 298 Å². The number of pyridine rings is 4. The van der Waals surface area contributed by atoms with Crippen molar-refractivity contribution in [2.75, 3.05) is 0 Å². The van der Waals surface area contributed by atoms with Crippen molar-refractivity contribution in [3.8, 4) is 33.6 Å². The van der Waals surface area contributed by atoms with Gasteiger partial charge in [0, 0.05) is 46.5 Å². The van der Waals surface area contributed by atoms with E-state index in [-0.39, 0.29) is 0 Å². The Balaban J connectivity index is 1.17. The third-order valence-corrected chi connectivity index (χ3v) is 20.8. The molecule has 51 heavy (non-hydrogen) atoms. The summed E-state index contributed by atoms with van der Waals surface area (Å²) < 4.78 is 0. The first kappa shape index (κ1) is 28.7. The molecular weight excluding hydrogens is 653 g/mol. The smallest absolute Gasteiger partial charge is 0.204 e. The van der Waals surface area contributed by atoms with Gasteiger partial charge in [-0.25, -0.2) is 0 Å². The molecular formula is C45H30N4Si2. The molecule has 0 fully saturated rings. The summed E-state index contributed by atoms with van der Waals surface area (Å²) in [5.41, 5.74) is 9.83. The fourth-order valence-corrected chi connectivity index (χ4v) is 19.2. The fourth-order valence-electron chi connectivity index (χ4n) is 9.40. The van der Waals surface area contributed by atoms with Crippen molar-refractivity contribution < 1.29 is 0 Å². The summed E-state index contributed by atoms with van der Waals surface area (Å²) in [6.45, 7) is 0.